The fraction of sp³-hybridized carbons (Fsp3) is 0.500. The molecule has 0 bridgehead atoms. The predicted octanol–water partition coefficient (Wildman–Crippen LogP) is 3.07. The number of amides is 1. The topological polar surface area (TPSA) is 59.8 Å². The van der Waals surface area contributed by atoms with Crippen LogP contribution in [0.25, 0.3) is 11.3 Å². The number of hydrogen-bond acceptors (Lipinski definition) is 3. The van der Waals surface area contributed by atoms with E-state index in [1.165, 1.54) is 25.7 Å². The Morgan fingerprint density at radius 2 is 2.22 bits per heavy atom. The third-order valence-electron chi connectivity index (χ3n) is 4.60. The van der Waals surface area contributed by atoms with E-state index in [1.807, 2.05) is 25.4 Å². The number of rotatable bonds is 6. The zero-order valence-electron chi connectivity index (χ0n) is 13.7. The number of pyridine rings is 1. The second-order valence-electron chi connectivity index (χ2n) is 6.38. The lowest BCUT2D eigenvalue weighted by Gasteiger charge is -2.10. The van der Waals surface area contributed by atoms with Gasteiger partial charge < -0.3 is 5.32 Å². The molecule has 1 aliphatic carbocycles. The van der Waals surface area contributed by atoms with Crippen molar-refractivity contribution in [3.63, 3.8) is 0 Å². The van der Waals surface area contributed by atoms with Gasteiger partial charge in [0.1, 0.15) is 0 Å². The Hall–Kier alpha value is -2.17. The largest absolute Gasteiger partial charge is 0.352 e. The van der Waals surface area contributed by atoms with Crippen molar-refractivity contribution in [2.45, 2.75) is 45.1 Å². The molecule has 0 spiro atoms. The van der Waals surface area contributed by atoms with Gasteiger partial charge in [0.05, 0.1) is 11.9 Å². The Bertz CT molecular complexity index is 659. The number of aryl methyl sites for hydroxylation is 1. The standard InChI is InChI=1S/C18H24N4O/c1-22-13-16(12-21-22)18-15(7-4-10-19-18)11-20-17(23)9-8-14-5-2-3-6-14/h4,7,10,12-14H,2-3,5-6,8-9,11H2,1H3,(H,20,23). The van der Waals surface area contributed by atoms with E-state index in [0.29, 0.717) is 13.0 Å². The molecule has 0 aromatic carbocycles. The fourth-order valence-electron chi connectivity index (χ4n) is 3.30. The number of carbonyl (C=O) groups excluding carboxylic acids is 1. The van der Waals surface area contributed by atoms with Crippen molar-refractivity contribution in [2.24, 2.45) is 13.0 Å². The van der Waals surface area contributed by atoms with E-state index in [0.717, 1.165) is 29.2 Å². The Kier molecular flexibility index (Phi) is 5.05. The molecule has 0 aliphatic heterocycles. The molecular weight excluding hydrogens is 288 g/mol. The number of hydrogen-bond donors (Lipinski definition) is 1. The zero-order chi connectivity index (χ0) is 16.1. The summed E-state index contributed by atoms with van der Waals surface area (Å²) in [6, 6.07) is 3.91. The van der Waals surface area contributed by atoms with Crippen molar-refractivity contribution in [1.29, 1.82) is 0 Å². The van der Waals surface area contributed by atoms with Crippen LogP contribution >= 0.6 is 0 Å². The third kappa shape index (κ3) is 4.18. The highest BCUT2D eigenvalue weighted by atomic mass is 16.1. The van der Waals surface area contributed by atoms with Crippen LogP contribution < -0.4 is 5.32 Å². The lowest BCUT2D eigenvalue weighted by atomic mass is 10.0. The van der Waals surface area contributed by atoms with Crippen LogP contribution in [0.2, 0.25) is 0 Å². The van der Waals surface area contributed by atoms with Gasteiger partial charge in [-0.2, -0.15) is 5.10 Å². The van der Waals surface area contributed by atoms with Crippen LogP contribution in [0, 0.1) is 5.92 Å². The molecule has 1 fully saturated rings. The molecule has 5 nitrogen and oxygen atoms in total. The van der Waals surface area contributed by atoms with E-state index in [-0.39, 0.29) is 5.91 Å². The minimum absolute atomic E-state index is 0.137. The molecule has 2 aromatic heterocycles. The van der Waals surface area contributed by atoms with E-state index in [1.54, 1.807) is 17.1 Å². The summed E-state index contributed by atoms with van der Waals surface area (Å²) in [4.78, 5) is 16.5. The highest BCUT2D eigenvalue weighted by Gasteiger charge is 2.16. The number of carbonyl (C=O) groups is 1. The van der Waals surface area contributed by atoms with Gasteiger partial charge in [-0.3, -0.25) is 14.5 Å². The summed E-state index contributed by atoms with van der Waals surface area (Å²) >= 11 is 0. The van der Waals surface area contributed by atoms with Gasteiger partial charge in [0, 0.05) is 38.0 Å². The molecule has 2 aromatic rings. The molecule has 1 aliphatic rings. The van der Waals surface area contributed by atoms with Gasteiger partial charge in [0.2, 0.25) is 5.91 Å². The minimum Gasteiger partial charge on any atom is -0.352 e. The zero-order valence-corrected chi connectivity index (χ0v) is 13.7. The molecular formula is C18H24N4O. The molecule has 122 valence electrons. The molecule has 1 N–H and O–H groups in total. The number of aromatic nitrogens is 3. The van der Waals surface area contributed by atoms with Crippen LogP contribution in [0.4, 0.5) is 0 Å². The summed E-state index contributed by atoms with van der Waals surface area (Å²) in [5.74, 6) is 0.892. The lowest BCUT2D eigenvalue weighted by Crippen LogP contribution is -2.23. The van der Waals surface area contributed by atoms with Gasteiger partial charge in [-0.1, -0.05) is 31.7 Å². The van der Waals surface area contributed by atoms with E-state index in [2.05, 4.69) is 15.4 Å². The molecule has 0 saturated heterocycles. The molecule has 23 heavy (non-hydrogen) atoms. The molecule has 0 atom stereocenters. The smallest absolute Gasteiger partial charge is 0.220 e. The van der Waals surface area contributed by atoms with Gasteiger partial charge in [0.25, 0.3) is 0 Å². The van der Waals surface area contributed by atoms with Crippen LogP contribution in [0.1, 0.15) is 44.1 Å². The van der Waals surface area contributed by atoms with Gasteiger partial charge in [-0.25, -0.2) is 0 Å². The van der Waals surface area contributed by atoms with Crippen molar-refractivity contribution in [3.8, 4) is 11.3 Å². The maximum atomic E-state index is 12.1. The van der Waals surface area contributed by atoms with E-state index >= 15 is 0 Å². The second-order valence-corrected chi connectivity index (χ2v) is 6.38. The molecule has 1 amide bonds. The lowest BCUT2D eigenvalue weighted by molar-refractivity contribution is -0.121. The summed E-state index contributed by atoms with van der Waals surface area (Å²) in [6.07, 6.45) is 12.4. The van der Waals surface area contributed by atoms with Crippen molar-refractivity contribution in [2.75, 3.05) is 0 Å². The Balaban J connectivity index is 1.56. The van der Waals surface area contributed by atoms with Gasteiger partial charge in [0.15, 0.2) is 0 Å². The van der Waals surface area contributed by atoms with Crippen LogP contribution in [0.3, 0.4) is 0 Å². The van der Waals surface area contributed by atoms with Crippen molar-refractivity contribution < 1.29 is 4.79 Å². The highest BCUT2D eigenvalue weighted by molar-refractivity contribution is 5.76. The maximum Gasteiger partial charge on any atom is 0.220 e. The average Bonchev–Trinajstić information content (AvgIpc) is 3.22. The van der Waals surface area contributed by atoms with Crippen LogP contribution in [-0.2, 0) is 18.4 Å². The van der Waals surface area contributed by atoms with Crippen molar-refractivity contribution in [1.82, 2.24) is 20.1 Å². The highest BCUT2D eigenvalue weighted by Crippen LogP contribution is 2.28. The summed E-state index contributed by atoms with van der Waals surface area (Å²) in [7, 11) is 1.89. The second kappa shape index (κ2) is 7.40. The van der Waals surface area contributed by atoms with Gasteiger partial charge in [-0.15, -0.1) is 0 Å². The Morgan fingerprint density at radius 3 is 2.96 bits per heavy atom. The quantitative estimate of drug-likeness (QED) is 0.891. The van der Waals surface area contributed by atoms with E-state index in [4.69, 9.17) is 0 Å². The van der Waals surface area contributed by atoms with Crippen LogP contribution in [-0.4, -0.2) is 20.7 Å². The van der Waals surface area contributed by atoms with Crippen LogP contribution in [0.5, 0.6) is 0 Å². The van der Waals surface area contributed by atoms with Gasteiger partial charge in [-0.05, 0) is 24.0 Å². The predicted molar refractivity (Wildman–Crippen MR) is 89.5 cm³/mol. The fourth-order valence-corrected chi connectivity index (χ4v) is 3.30. The van der Waals surface area contributed by atoms with Gasteiger partial charge >= 0.3 is 0 Å². The first-order valence-corrected chi connectivity index (χ1v) is 8.42. The van der Waals surface area contributed by atoms with E-state index in [9.17, 15) is 4.79 Å². The first-order chi connectivity index (χ1) is 11.2. The molecule has 2 heterocycles. The third-order valence-corrected chi connectivity index (χ3v) is 4.60. The summed E-state index contributed by atoms with van der Waals surface area (Å²) in [6.45, 7) is 0.515. The maximum absolute atomic E-state index is 12.1. The molecule has 0 radical (unpaired) electrons. The summed E-state index contributed by atoms with van der Waals surface area (Å²) in [5.41, 5.74) is 2.88. The first-order valence-electron chi connectivity index (χ1n) is 8.42. The monoisotopic (exact) mass is 312 g/mol. The SMILES string of the molecule is Cn1cc(-c2ncccc2CNC(=O)CCC2CCCC2)cn1. The minimum atomic E-state index is 0.137. The molecule has 5 heteroatoms. The molecule has 0 unspecified atom stereocenters. The average molecular weight is 312 g/mol. The van der Waals surface area contributed by atoms with Crippen molar-refractivity contribution >= 4 is 5.91 Å². The first kappa shape index (κ1) is 15.7. The Labute approximate surface area is 137 Å². The molecule has 1 saturated carbocycles. The molecule has 3 rings (SSSR count). The number of nitrogens with zero attached hydrogens (tertiary/aromatic N) is 3. The number of nitrogens with one attached hydrogen (secondary N) is 1. The normalized spacial score (nSPS) is 15.0. The van der Waals surface area contributed by atoms with E-state index < -0.39 is 0 Å². The summed E-state index contributed by atoms with van der Waals surface area (Å²) in [5, 5.41) is 7.23. The van der Waals surface area contributed by atoms with Crippen molar-refractivity contribution in [3.05, 3.63) is 36.3 Å². The summed E-state index contributed by atoms with van der Waals surface area (Å²) < 4.78 is 1.76. The Morgan fingerprint density at radius 1 is 1.39 bits per heavy atom. The van der Waals surface area contributed by atoms with Crippen LogP contribution in [0.15, 0.2) is 30.7 Å².